The summed E-state index contributed by atoms with van der Waals surface area (Å²) >= 11 is 0. The predicted octanol–water partition coefficient (Wildman–Crippen LogP) is 3.50. The van der Waals surface area contributed by atoms with Crippen LogP contribution < -0.4 is 20.4 Å². The third kappa shape index (κ3) is 8.50. The smallest absolute Gasteiger partial charge is 0.255 e. The average Bonchev–Trinajstić information content (AvgIpc) is 3.75. The standard InChI is InChI=1S/2C23H27N5O3/c2*1-4-23(12-19(29)26-22(23)31)18-6-5-17(14-24-18)21(30)28-9-7-27(8-10-28)20-16(3)11-15(2)13-25-20/h2*5-6,11,13-14H,4,7-10,12H2,1-3H3,(H,26,29,31)/t2*23-/m10/s1. The zero-order valence-corrected chi connectivity index (χ0v) is 36.3. The maximum absolute atomic E-state index is 13.0. The van der Waals surface area contributed by atoms with E-state index in [2.05, 4.69) is 66.3 Å². The summed E-state index contributed by atoms with van der Waals surface area (Å²) in [5.74, 6) is 0.575. The Morgan fingerprint density at radius 3 is 1.19 bits per heavy atom. The molecule has 8 heterocycles. The van der Waals surface area contributed by atoms with Gasteiger partial charge in [0.05, 0.1) is 22.5 Å². The lowest BCUT2D eigenvalue weighted by Crippen LogP contribution is -2.49. The molecule has 0 radical (unpaired) electrons. The van der Waals surface area contributed by atoms with Crippen LogP contribution in [0.25, 0.3) is 0 Å². The molecule has 4 fully saturated rings. The van der Waals surface area contributed by atoms with E-state index < -0.39 is 10.8 Å². The number of imide groups is 2. The van der Waals surface area contributed by atoms with Crippen molar-refractivity contribution in [2.45, 2.75) is 78.1 Å². The van der Waals surface area contributed by atoms with E-state index in [-0.39, 0.29) is 48.3 Å². The number of piperazine rings is 2. The van der Waals surface area contributed by atoms with Gasteiger partial charge >= 0.3 is 0 Å². The zero-order chi connectivity index (χ0) is 44.3. The van der Waals surface area contributed by atoms with Crippen LogP contribution in [0.1, 0.15) is 93.9 Å². The largest absolute Gasteiger partial charge is 0.353 e. The Morgan fingerprint density at radius 1 is 0.548 bits per heavy atom. The molecule has 2 N–H and O–H groups in total. The molecule has 6 amide bonds. The second-order valence-electron chi connectivity index (χ2n) is 16.7. The van der Waals surface area contributed by atoms with E-state index in [9.17, 15) is 28.8 Å². The van der Waals surface area contributed by atoms with Crippen LogP contribution in [0.2, 0.25) is 0 Å². The monoisotopic (exact) mass is 842 g/mol. The molecule has 8 rings (SSSR count). The fourth-order valence-corrected chi connectivity index (χ4v) is 8.93. The molecule has 16 heteroatoms. The number of aromatic nitrogens is 4. The molecular formula is C46H54N10O6. The van der Waals surface area contributed by atoms with Gasteiger partial charge in [-0.3, -0.25) is 49.4 Å². The Balaban J connectivity index is 0.000000186. The number of rotatable bonds is 8. The summed E-state index contributed by atoms with van der Waals surface area (Å²) in [6.07, 6.45) is 7.90. The number of carbonyl (C=O) groups is 6. The number of amides is 6. The molecule has 62 heavy (non-hydrogen) atoms. The van der Waals surface area contributed by atoms with E-state index >= 15 is 0 Å². The second-order valence-corrected chi connectivity index (χ2v) is 16.7. The van der Waals surface area contributed by atoms with Crippen LogP contribution >= 0.6 is 0 Å². The van der Waals surface area contributed by atoms with Gasteiger partial charge in [-0.15, -0.1) is 0 Å². The van der Waals surface area contributed by atoms with Crippen molar-refractivity contribution in [2.75, 3.05) is 62.2 Å². The number of carbonyl (C=O) groups excluding carboxylic acids is 6. The van der Waals surface area contributed by atoms with Crippen LogP contribution in [-0.4, -0.2) is 118 Å². The van der Waals surface area contributed by atoms with Gasteiger partial charge in [0.25, 0.3) is 11.8 Å². The summed E-state index contributed by atoms with van der Waals surface area (Å²) in [5.41, 5.74) is 4.69. The molecule has 4 aliphatic heterocycles. The molecule has 4 aliphatic rings. The minimum atomic E-state index is -0.941. The first-order valence-corrected chi connectivity index (χ1v) is 21.2. The van der Waals surface area contributed by atoms with Crippen molar-refractivity contribution in [2.24, 2.45) is 0 Å². The number of nitrogens with one attached hydrogen (secondary N) is 2. The summed E-state index contributed by atoms with van der Waals surface area (Å²) in [6.45, 7) is 17.2. The molecule has 16 nitrogen and oxygen atoms in total. The molecule has 0 aromatic carbocycles. The number of anilines is 2. The van der Waals surface area contributed by atoms with Gasteiger partial charge in [-0.1, -0.05) is 26.0 Å². The number of hydrogen-bond donors (Lipinski definition) is 2. The van der Waals surface area contributed by atoms with E-state index in [0.717, 1.165) is 60.1 Å². The lowest BCUT2D eigenvalue weighted by Gasteiger charge is -2.36. The van der Waals surface area contributed by atoms with E-state index in [0.29, 0.717) is 61.5 Å². The first kappa shape index (κ1) is 43.5. The van der Waals surface area contributed by atoms with Gasteiger partial charge in [-0.2, -0.15) is 0 Å². The van der Waals surface area contributed by atoms with Gasteiger partial charge in [0.15, 0.2) is 0 Å². The van der Waals surface area contributed by atoms with Crippen LogP contribution in [0, 0.1) is 27.7 Å². The van der Waals surface area contributed by atoms with Crippen molar-refractivity contribution in [3.8, 4) is 0 Å². The minimum Gasteiger partial charge on any atom is -0.353 e. The van der Waals surface area contributed by atoms with Crippen molar-refractivity contribution >= 4 is 47.1 Å². The van der Waals surface area contributed by atoms with Crippen LogP contribution in [0.5, 0.6) is 0 Å². The number of hydrogen-bond acceptors (Lipinski definition) is 12. The van der Waals surface area contributed by atoms with E-state index in [4.69, 9.17) is 0 Å². The molecule has 0 unspecified atom stereocenters. The van der Waals surface area contributed by atoms with E-state index in [1.807, 2.05) is 49.9 Å². The Labute approximate surface area is 361 Å². The highest BCUT2D eigenvalue weighted by atomic mass is 16.2. The van der Waals surface area contributed by atoms with Crippen molar-refractivity contribution in [1.82, 2.24) is 40.4 Å². The van der Waals surface area contributed by atoms with Crippen LogP contribution in [0.15, 0.2) is 61.2 Å². The minimum absolute atomic E-state index is 0.0789. The maximum atomic E-state index is 13.0. The van der Waals surface area contributed by atoms with Gasteiger partial charge in [0, 0.05) is 90.0 Å². The zero-order valence-electron chi connectivity index (χ0n) is 36.3. The highest BCUT2D eigenvalue weighted by molar-refractivity contribution is 6.09. The Morgan fingerprint density at radius 2 is 0.919 bits per heavy atom. The topological polar surface area (TPSA) is 191 Å². The Bertz CT molecular complexity index is 2220. The highest BCUT2D eigenvalue weighted by Gasteiger charge is 2.49. The lowest BCUT2D eigenvalue weighted by atomic mass is 9.79. The average molecular weight is 843 g/mol. The van der Waals surface area contributed by atoms with Gasteiger partial charge in [-0.05, 0) is 87.1 Å². The molecule has 0 saturated carbocycles. The van der Waals surface area contributed by atoms with Crippen LogP contribution in [0.4, 0.5) is 11.6 Å². The first-order chi connectivity index (χ1) is 29.7. The molecule has 4 saturated heterocycles. The first-order valence-electron chi connectivity index (χ1n) is 21.2. The summed E-state index contributed by atoms with van der Waals surface area (Å²) in [5, 5.41) is 4.74. The summed E-state index contributed by atoms with van der Waals surface area (Å²) < 4.78 is 0. The number of pyridine rings is 4. The second kappa shape index (κ2) is 17.8. The highest BCUT2D eigenvalue weighted by Crippen LogP contribution is 2.36. The molecular weight excluding hydrogens is 789 g/mol. The molecule has 0 aliphatic carbocycles. The lowest BCUT2D eigenvalue weighted by molar-refractivity contribution is -0.128. The van der Waals surface area contributed by atoms with Gasteiger partial charge in [0.1, 0.15) is 22.5 Å². The van der Waals surface area contributed by atoms with Crippen LogP contribution in [0.3, 0.4) is 0 Å². The van der Waals surface area contributed by atoms with Crippen molar-refractivity contribution < 1.29 is 28.8 Å². The molecule has 2 atom stereocenters. The summed E-state index contributed by atoms with van der Waals surface area (Å²) in [4.78, 5) is 100. The van der Waals surface area contributed by atoms with E-state index in [1.54, 1.807) is 24.3 Å². The van der Waals surface area contributed by atoms with Crippen molar-refractivity contribution in [3.63, 3.8) is 0 Å². The van der Waals surface area contributed by atoms with E-state index in [1.165, 1.54) is 12.4 Å². The van der Waals surface area contributed by atoms with Gasteiger partial charge in [0.2, 0.25) is 23.6 Å². The summed E-state index contributed by atoms with van der Waals surface area (Å²) in [7, 11) is 0. The quantitative estimate of drug-likeness (QED) is 0.246. The molecule has 324 valence electrons. The molecule has 0 bridgehead atoms. The third-order valence-electron chi connectivity index (χ3n) is 12.6. The normalized spacial score (nSPS) is 21.4. The maximum Gasteiger partial charge on any atom is 0.255 e. The Hall–Kier alpha value is -6.58. The van der Waals surface area contributed by atoms with Gasteiger partial charge < -0.3 is 19.6 Å². The molecule has 0 spiro atoms. The fraction of sp³-hybridized carbons (Fsp3) is 0.435. The number of aryl methyl sites for hydroxylation is 4. The number of nitrogens with zero attached hydrogens (tertiary/aromatic N) is 8. The predicted molar refractivity (Wildman–Crippen MR) is 232 cm³/mol. The van der Waals surface area contributed by atoms with Crippen LogP contribution in [-0.2, 0) is 30.0 Å². The molecule has 4 aromatic rings. The van der Waals surface area contributed by atoms with Gasteiger partial charge in [-0.25, -0.2) is 9.97 Å². The third-order valence-corrected chi connectivity index (χ3v) is 12.6. The Kier molecular flexibility index (Phi) is 12.5. The van der Waals surface area contributed by atoms with Crippen molar-refractivity contribution in [3.05, 3.63) is 106 Å². The molecule has 4 aromatic heterocycles. The SMILES string of the molecule is CC[C@@]1(c2ccc(C(=O)N3CCN(c4ncc(C)cc4C)CC3)cn2)CC(=O)NC1=O.CC[C@]1(c2ccc(C(=O)N3CCN(c4ncc(C)cc4C)CC3)cn2)CC(=O)NC1=O. The summed E-state index contributed by atoms with van der Waals surface area (Å²) in [6, 6.07) is 11.0. The fourth-order valence-electron chi connectivity index (χ4n) is 8.93. The van der Waals surface area contributed by atoms with Crippen molar-refractivity contribution in [1.29, 1.82) is 0 Å².